The Kier molecular flexibility index (Phi) is 4.82. The van der Waals surface area contributed by atoms with Gasteiger partial charge in [0.2, 0.25) is 10.0 Å². The van der Waals surface area contributed by atoms with E-state index >= 15 is 0 Å². The monoisotopic (exact) mass is 391 g/mol. The van der Waals surface area contributed by atoms with Crippen molar-refractivity contribution in [1.29, 1.82) is 0 Å². The highest BCUT2D eigenvalue weighted by Gasteiger charge is 2.50. The zero-order chi connectivity index (χ0) is 19.1. The lowest BCUT2D eigenvalue weighted by molar-refractivity contribution is -0.141. The lowest BCUT2D eigenvalue weighted by atomic mass is 10.1. The van der Waals surface area contributed by atoms with Crippen LogP contribution in [0.25, 0.3) is 0 Å². The fraction of sp³-hybridized carbons (Fsp3) is 0.438. The fourth-order valence-corrected chi connectivity index (χ4v) is 4.72. The predicted octanol–water partition coefficient (Wildman–Crippen LogP) is 2.90. The van der Waals surface area contributed by atoms with Gasteiger partial charge >= 0.3 is 6.18 Å². The van der Waals surface area contributed by atoms with Crippen molar-refractivity contribution in [2.24, 2.45) is 0 Å². The maximum absolute atomic E-state index is 13.3. The van der Waals surface area contributed by atoms with Crippen LogP contribution in [0.1, 0.15) is 23.7 Å². The summed E-state index contributed by atoms with van der Waals surface area (Å²) in [5, 5.41) is -0.708. The lowest BCUT2D eigenvalue weighted by Crippen LogP contribution is -2.32. The number of halogens is 4. The topological polar surface area (TPSA) is 55.2 Å². The Morgan fingerprint density at radius 1 is 1.35 bits per heavy atom. The molecule has 1 aromatic heterocycles. The van der Waals surface area contributed by atoms with Gasteiger partial charge < -0.3 is 4.57 Å². The van der Waals surface area contributed by atoms with E-state index in [1.54, 1.807) is 6.07 Å². The minimum absolute atomic E-state index is 0.0105. The molecule has 1 aromatic carbocycles. The molecule has 5 nitrogen and oxygen atoms in total. The quantitative estimate of drug-likeness (QED) is 0.712. The van der Waals surface area contributed by atoms with Gasteiger partial charge in [-0.05, 0) is 24.1 Å². The van der Waals surface area contributed by atoms with Crippen LogP contribution in [-0.2, 0) is 23.1 Å². The summed E-state index contributed by atoms with van der Waals surface area (Å²) in [6.07, 6.45) is -1.71. The molecule has 26 heavy (non-hydrogen) atoms. The number of aromatic nitrogens is 2. The summed E-state index contributed by atoms with van der Waals surface area (Å²) in [5.41, 5.74) is 0.602. The van der Waals surface area contributed by atoms with Crippen molar-refractivity contribution in [2.75, 3.05) is 7.05 Å². The molecule has 1 heterocycles. The van der Waals surface area contributed by atoms with Gasteiger partial charge in [-0.1, -0.05) is 12.1 Å². The van der Waals surface area contributed by atoms with Crippen LogP contribution in [0, 0.1) is 5.82 Å². The van der Waals surface area contributed by atoms with Crippen molar-refractivity contribution in [2.45, 2.75) is 36.9 Å². The van der Waals surface area contributed by atoms with Gasteiger partial charge in [0, 0.05) is 25.4 Å². The Balaban J connectivity index is 1.71. The lowest BCUT2D eigenvalue weighted by Gasteiger charge is -2.18. The Morgan fingerprint density at radius 2 is 2.08 bits per heavy atom. The van der Waals surface area contributed by atoms with Crippen molar-refractivity contribution < 1.29 is 26.0 Å². The SMILES string of the molecule is CN(Cc1nccn1CC(F)(F)F)S(=O)(=O)C1CC1c1cccc(F)c1. The fourth-order valence-electron chi connectivity index (χ4n) is 2.94. The zero-order valence-corrected chi connectivity index (χ0v) is 14.6. The smallest absolute Gasteiger partial charge is 0.325 e. The predicted molar refractivity (Wildman–Crippen MR) is 86.2 cm³/mol. The third-order valence-electron chi connectivity index (χ3n) is 4.34. The average Bonchev–Trinajstić information content (AvgIpc) is 3.24. The molecule has 0 N–H and O–H groups in total. The van der Waals surface area contributed by atoms with Gasteiger partial charge in [0.15, 0.2) is 0 Å². The Bertz CT molecular complexity index is 895. The highest BCUT2D eigenvalue weighted by atomic mass is 32.2. The number of benzene rings is 1. The Hall–Kier alpha value is -1.94. The molecule has 2 aromatic rings. The van der Waals surface area contributed by atoms with E-state index in [-0.39, 0.29) is 18.3 Å². The summed E-state index contributed by atoms with van der Waals surface area (Å²) in [6.45, 7) is -1.50. The Labute approximate surface area is 148 Å². The van der Waals surface area contributed by atoms with Gasteiger partial charge in [0.25, 0.3) is 0 Å². The van der Waals surface area contributed by atoms with E-state index in [1.165, 1.54) is 31.4 Å². The number of sulfonamides is 1. The molecule has 1 aliphatic carbocycles. The first-order valence-electron chi connectivity index (χ1n) is 7.85. The van der Waals surface area contributed by atoms with E-state index in [0.717, 1.165) is 15.1 Å². The number of rotatable bonds is 6. The molecule has 0 aliphatic heterocycles. The van der Waals surface area contributed by atoms with Gasteiger partial charge in [0.05, 0.1) is 11.8 Å². The highest BCUT2D eigenvalue weighted by molar-refractivity contribution is 7.90. The van der Waals surface area contributed by atoms with Gasteiger partial charge in [-0.2, -0.15) is 17.5 Å². The molecule has 10 heteroatoms. The molecule has 0 bridgehead atoms. The van der Waals surface area contributed by atoms with E-state index < -0.39 is 33.8 Å². The van der Waals surface area contributed by atoms with Crippen LogP contribution in [-0.4, -0.2) is 40.7 Å². The minimum atomic E-state index is -4.42. The number of imidazole rings is 1. The van der Waals surface area contributed by atoms with Crippen molar-refractivity contribution in [1.82, 2.24) is 13.9 Å². The minimum Gasteiger partial charge on any atom is -0.325 e. The van der Waals surface area contributed by atoms with Gasteiger partial charge in [-0.15, -0.1) is 0 Å². The van der Waals surface area contributed by atoms with Crippen LogP contribution in [0.15, 0.2) is 36.7 Å². The van der Waals surface area contributed by atoms with Crippen LogP contribution in [0.5, 0.6) is 0 Å². The molecule has 0 radical (unpaired) electrons. The largest absolute Gasteiger partial charge is 0.406 e. The van der Waals surface area contributed by atoms with Gasteiger partial charge in [0.1, 0.15) is 18.2 Å². The molecule has 1 saturated carbocycles. The second-order valence-corrected chi connectivity index (χ2v) is 8.58. The van der Waals surface area contributed by atoms with E-state index in [4.69, 9.17) is 0 Å². The molecular formula is C16H17F4N3O2S. The van der Waals surface area contributed by atoms with Crippen molar-refractivity contribution in [3.8, 4) is 0 Å². The first-order valence-corrected chi connectivity index (χ1v) is 9.35. The second kappa shape index (κ2) is 6.66. The maximum Gasteiger partial charge on any atom is 0.406 e. The first kappa shape index (κ1) is 18.8. The number of hydrogen-bond acceptors (Lipinski definition) is 3. The maximum atomic E-state index is 13.3. The third kappa shape index (κ3) is 4.07. The average molecular weight is 391 g/mol. The number of nitrogens with zero attached hydrogens (tertiary/aromatic N) is 3. The molecule has 2 unspecified atom stereocenters. The third-order valence-corrected chi connectivity index (χ3v) is 6.63. The van der Waals surface area contributed by atoms with E-state index in [1.807, 2.05) is 0 Å². The van der Waals surface area contributed by atoms with E-state index in [0.29, 0.717) is 12.0 Å². The first-order chi connectivity index (χ1) is 12.1. The van der Waals surface area contributed by atoms with E-state index in [2.05, 4.69) is 4.98 Å². The summed E-state index contributed by atoms with van der Waals surface area (Å²) in [5.74, 6) is -0.738. The van der Waals surface area contributed by atoms with Crippen LogP contribution in [0.3, 0.4) is 0 Å². The molecule has 0 amide bonds. The summed E-state index contributed by atoms with van der Waals surface area (Å²) in [4.78, 5) is 3.83. The molecule has 2 atom stereocenters. The van der Waals surface area contributed by atoms with Crippen molar-refractivity contribution >= 4 is 10.0 Å². The van der Waals surface area contributed by atoms with E-state index in [9.17, 15) is 26.0 Å². The van der Waals surface area contributed by atoms with Crippen LogP contribution < -0.4 is 0 Å². The van der Waals surface area contributed by atoms with Crippen LogP contribution >= 0.6 is 0 Å². The molecule has 142 valence electrons. The molecule has 0 saturated heterocycles. The highest BCUT2D eigenvalue weighted by Crippen LogP contribution is 2.47. The summed E-state index contributed by atoms with van der Waals surface area (Å²) in [6, 6.07) is 5.77. The standard InChI is InChI=1S/C16H17F4N3O2S/c1-22(9-15-21-5-6-23(15)10-16(18,19)20)26(24,25)14-8-13(14)11-3-2-4-12(17)7-11/h2-7,13-14H,8-10H2,1H3. The second-order valence-electron chi connectivity index (χ2n) is 6.32. The van der Waals surface area contributed by atoms with Crippen molar-refractivity contribution in [3.63, 3.8) is 0 Å². The summed E-state index contributed by atoms with van der Waals surface area (Å²) >= 11 is 0. The summed E-state index contributed by atoms with van der Waals surface area (Å²) in [7, 11) is -2.43. The van der Waals surface area contributed by atoms with Crippen molar-refractivity contribution in [3.05, 3.63) is 53.9 Å². The molecule has 1 aliphatic rings. The van der Waals surface area contributed by atoms with Crippen LogP contribution in [0.4, 0.5) is 17.6 Å². The Morgan fingerprint density at radius 3 is 2.73 bits per heavy atom. The molecule has 3 rings (SSSR count). The normalized spacial score (nSPS) is 20.5. The van der Waals surface area contributed by atoms with Gasteiger partial charge in [-0.3, -0.25) is 0 Å². The van der Waals surface area contributed by atoms with Gasteiger partial charge in [-0.25, -0.2) is 17.8 Å². The number of alkyl halides is 3. The molecule has 0 spiro atoms. The number of hydrogen-bond donors (Lipinski definition) is 0. The van der Waals surface area contributed by atoms with Crippen LogP contribution in [0.2, 0.25) is 0 Å². The zero-order valence-electron chi connectivity index (χ0n) is 13.8. The molecular weight excluding hydrogens is 374 g/mol. The summed E-state index contributed by atoms with van der Waals surface area (Å²) < 4.78 is 78.2. The molecule has 1 fully saturated rings.